The number of hydrogen-bond donors (Lipinski definition) is 2. The van der Waals surface area contributed by atoms with E-state index >= 15 is 0 Å². The van der Waals surface area contributed by atoms with Gasteiger partial charge in [0.05, 0.1) is 11.4 Å². The van der Waals surface area contributed by atoms with E-state index in [1.807, 2.05) is 30.5 Å². The molecule has 0 saturated carbocycles. The summed E-state index contributed by atoms with van der Waals surface area (Å²) in [5, 5.41) is 7.32. The predicted octanol–water partition coefficient (Wildman–Crippen LogP) is 5.11. The van der Waals surface area contributed by atoms with Gasteiger partial charge in [0.2, 0.25) is 5.95 Å². The van der Waals surface area contributed by atoms with Gasteiger partial charge in [-0.1, -0.05) is 25.4 Å². The Morgan fingerprint density at radius 3 is 2.79 bits per heavy atom. The molecule has 8 heteroatoms. The maximum atomic E-state index is 6.33. The maximum absolute atomic E-state index is 6.33. The summed E-state index contributed by atoms with van der Waals surface area (Å²) in [7, 11) is 2.14. The van der Waals surface area contributed by atoms with Crippen LogP contribution in [0.2, 0.25) is 5.02 Å². The molecule has 2 aliphatic rings. The third-order valence-electron chi connectivity index (χ3n) is 6.41. The van der Waals surface area contributed by atoms with Crippen molar-refractivity contribution in [2.45, 2.75) is 38.2 Å². The Balaban J connectivity index is 1.39. The molecule has 2 aromatic heterocycles. The van der Waals surface area contributed by atoms with Crippen molar-refractivity contribution in [2.75, 3.05) is 37.3 Å². The molecule has 7 nitrogen and oxygen atoms in total. The normalized spacial score (nSPS) is 17.9. The molecule has 2 N–H and O–H groups in total. The molecule has 0 spiro atoms. The Morgan fingerprint density at radius 1 is 1.15 bits per heavy atom. The number of nitrogens with one attached hydrogen (secondary N) is 2. The lowest BCUT2D eigenvalue weighted by molar-refractivity contribution is 0.115. The van der Waals surface area contributed by atoms with Gasteiger partial charge in [-0.3, -0.25) is 0 Å². The van der Waals surface area contributed by atoms with Crippen LogP contribution in [-0.4, -0.2) is 52.6 Å². The minimum Gasteiger partial charge on any atom is -0.488 e. The van der Waals surface area contributed by atoms with E-state index < -0.39 is 0 Å². The Labute approximate surface area is 199 Å². The van der Waals surface area contributed by atoms with Crippen molar-refractivity contribution in [3.63, 3.8) is 0 Å². The average molecular weight is 465 g/mol. The number of pyridine rings is 1. The highest BCUT2D eigenvalue weighted by atomic mass is 35.5. The number of anilines is 3. The van der Waals surface area contributed by atoms with Crippen LogP contribution in [0.5, 0.6) is 5.75 Å². The largest absolute Gasteiger partial charge is 0.488 e. The average Bonchev–Trinajstić information content (AvgIpc) is 3.11. The van der Waals surface area contributed by atoms with Crippen LogP contribution in [0, 0.1) is 0 Å². The molecule has 172 valence electrons. The molecule has 1 fully saturated rings. The molecule has 0 amide bonds. The number of nitrogens with zero attached hydrogens (tertiary/aromatic N) is 4. The molecule has 3 aromatic rings. The Kier molecular flexibility index (Phi) is 5.85. The molecule has 1 aromatic carbocycles. The molecule has 4 heterocycles. The lowest BCUT2D eigenvalue weighted by atomic mass is 9.87. The van der Waals surface area contributed by atoms with Crippen molar-refractivity contribution in [3.05, 3.63) is 53.3 Å². The third kappa shape index (κ3) is 4.75. The van der Waals surface area contributed by atoms with E-state index in [9.17, 15) is 0 Å². The molecule has 0 aliphatic carbocycles. The number of hydrogen-bond acceptors (Lipinski definition) is 7. The summed E-state index contributed by atoms with van der Waals surface area (Å²) in [6, 6.07) is 9.68. The maximum Gasteiger partial charge on any atom is 0.227 e. The number of aromatic nitrogens is 3. The molecule has 5 rings (SSSR count). The van der Waals surface area contributed by atoms with Crippen LogP contribution < -0.4 is 15.4 Å². The molecule has 33 heavy (non-hydrogen) atoms. The van der Waals surface area contributed by atoms with E-state index in [1.165, 1.54) is 5.56 Å². The molecular formula is C25H29ClN6O. The van der Waals surface area contributed by atoms with Gasteiger partial charge in [0.15, 0.2) is 0 Å². The van der Waals surface area contributed by atoms with Gasteiger partial charge in [-0.15, -0.1) is 0 Å². The minimum absolute atomic E-state index is 0.0351. The zero-order chi connectivity index (χ0) is 23.0. The van der Waals surface area contributed by atoms with Crippen LogP contribution in [0.3, 0.4) is 0 Å². The number of ether oxygens (including phenoxy) is 1. The summed E-state index contributed by atoms with van der Waals surface area (Å²) in [6.07, 6.45) is 5.79. The van der Waals surface area contributed by atoms with Crippen molar-refractivity contribution in [3.8, 4) is 17.0 Å². The minimum atomic E-state index is 0.0351. The molecule has 0 unspecified atom stereocenters. The zero-order valence-corrected chi connectivity index (χ0v) is 20.0. The lowest BCUT2D eigenvalue weighted by Gasteiger charge is -2.30. The second kappa shape index (κ2) is 8.80. The fourth-order valence-electron chi connectivity index (χ4n) is 4.35. The third-order valence-corrected chi connectivity index (χ3v) is 6.65. The van der Waals surface area contributed by atoms with Gasteiger partial charge < -0.3 is 20.3 Å². The summed E-state index contributed by atoms with van der Waals surface area (Å²) in [5.74, 6) is 2.20. The zero-order valence-electron chi connectivity index (χ0n) is 19.2. The topological polar surface area (TPSA) is 75.2 Å². The highest BCUT2D eigenvalue weighted by molar-refractivity contribution is 6.31. The van der Waals surface area contributed by atoms with Crippen LogP contribution in [0.25, 0.3) is 11.3 Å². The van der Waals surface area contributed by atoms with E-state index in [1.54, 1.807) is 6.20 Å². The van der Waals surface area contributed by atoms with E-state index in [4.69, 9.17) is 21.3 Å². The molecule has 0 atom stereocenters. The summed E-state index contributed by atoms with van der Waals surface area (Å²) in [6.45, 7) is 7.38. The fraction of sp³-hybridized carbons (Fsp3) is 0.400. The summed E-state index contributed by atoms with van der Waals surface area (Å²) in [5.41, 5.74) is 3.77. The Bertz CT molecular complexity index is 1160. The second-order valence-electron chi connectivity index (χ2n) is 9.51. The first kappa shape index (κ1) is 21.9. The number of piperidine rings is 1. The number of halogens is 1. The number of benzene rings is 1. The van der Waals surface area contributed by atoms with Gasteiger partial charge in [-0.05, 0) is 50.2 Å². The van der Waals surface area contributed by atoms with Gasteiger partial charge >= 0.3 is 0 Å². The fourth-order valence-corrected chi connectivity index (χ4v) is 4.52. The van der Waals surface area contributed by atoms with Crippen LogP contribution in [-0.2, 0) is 5.41 Å². The Hall–Kier alpha value is -2.90. The standard InChI is InChI=1S/C25H29ClN6O/c1-25(2)15-29-23-19(25)12-16(14-28-23)20-6-9-27-24(30-20)31-21-13-17(26)4-5-22(21)33-18-7-10-32(3)11-8-18/h4-6,9,12-14,18H,7-8,10-11,15H2,1-3H3,(H,28,29)(H,27,30,31). The monoisotopic (exact) mass is 464 g/mol. The quantitative estimate of drug-likeness (QED) is 0.543. The van der Waals surface area contributed by atoms with E-state index in [-0.39, 0.29) is 11.5 Å². The molecule has 2 aliphatic heterocycles. The van der Waals surface area contributed by atoms with Crippen molar-refractivity contribution in [1.82, 2.24) is 19.9 Å². The Morgan fingerprint density at radius 2 is 1.97 bits per heavy atom. The first-order valence-electron chi connectivity index (χ1n) is 11.4. The van der Waals surface area contributed by atoms with Crippen molar-refractivity contribution in [1.29, 1.82) is 0 Å². The van der Waals surface area contributed by atoms with Crippen LogP contribution in [0.15, 0.2) is 42.7 Å². The highest BCUT2D eigenvalue weighted by Gasteiger charge is 2.31. The van der Waals surface area contributed by atoms with Crippen LogP contribution in [0.4, 0.5) is 17.5 Å². The highest BCUT2D eigenvalue weighted by Crippen LogP contribution is 2.37. The molecule has 0 radical (unpaired) electrons. The molecule has 1 saturated heterocycles. The van der Waals surface area contributed by atoms with Gasteiger partial charge in [-0.25, -0.2) is 15.0 Å². The van der Waals surface area contributed by atoms with Gasteiger partial charge in [0.1, 0.15) is 17.7 Å². The predicted molar refractivity (Wildman–Crippen MR) is 133 cm³/mol. The van der Waals surface area contributed by atoms with E-state index in [0.29, 0.717) is 11.0 Å². The van der Waals surface area contributed by atoms with Crippen molar-refractivity contribution >= 4 is 29.1 Å². The number of rotatable bonds is 5. The van der Waals surface area contributed by atoms with Crippen LogP contribution in [0.1, 0.15) is 32.3 Å². The lowest BCUT2D eigenvalue weighted by Crippen LogP contribution is -2.35. The summed E-state index contributed by atoms with van der Waals surface area (Å²) < 4.78 is 6.33. The van der Waals surface area contributed by atoms with Gasteiger partial charge in [0, 0.05) is 53.6 Å². The second-order valence-corrected chi connectivity index (χ2v) is 9.95. The van der Waals surface area contributed by atoms with E-state index in [2.05, 4.69) is 52.5 Å². The first-order chi connectivity index (χ1) is 15.9. The van der Waals surface area contributed by atoms with Crippen LogP contribution >= 0.6 is 11.6 Å². The SMILES string of the molecule is CN1CCC(Oc2ccc(Cl)cc2Nc2nccc(-c3cnc4c(c3)C(C)(C)CN4)n2)CC1. The molecular weight excluding hydrogens is 436 g/mol. The van der Waals surface area contributed by atoms with Crippen molar-refractivity contribution in [2.24, 2.45) is 0 Å². The number of fused-ring (bicyclic) bond motifs is 1. The first-order valence-corrected chi connectivity index (χ1v) is 11.7. The van der Waals surface area contributed by atoms with E-state index in [0.717, 1.165) is 61.0 Å². The summed E-state index contributed by atoms with van der Waals surface area (Å²) >= 11 is 6.30. The van der Waals surface area contributed by atoms with Crippen molar-refractivity contribution < 1.29 is 4.74 Å². The molecule has 0 bridgehead atoms. The van der Waals surface area contributed by atoms with Gasteiger partial charge in [0.25, 0.3) is 0 Å². The number of likely N-dealkylation sites (tertiary alicyclic amines) is 1. The summed E-state index contributed by atoms with van der Waals surface area (Å²) in [4.78, 5) is 16.1. The van der Waals surface area contributed by atoms with Gasteiger partial charge in [-0.2, -0.15) is 0 Å². The smallest absolute Gasteiger partial charge is 0.227 e.